The van der Waals surface area contributed by atoms with Gasteiger partial charge in [0.15, 0.2) is 0 Å². The molecule has 1 amide bonds. The number of benzene rings is 1. The summed E-state index contributed by atoms with van der Waals surface area (Å²) in [6.07, 6.45) is 4.34. The molecule has 4 nitrogen and oxygen atoms in total. The lowest BCUT2D eigenvalue weighted by molar-refractivity contribution is -0.123. The molecule has 1 fully saturated rings. The van der Waals surface area contributed by atoms with Gasteiger partial charge < -0.3 is 11.1 Å². The SMILES string of the molecule is Cl.NC1(C(=O)Nc2cccc(-c3nccs3)c2)CCC1. The minimum atomic E-state index is -0.669. The number of aromatic nitrogens is 1. The van der Waals surface area contributed by atoms with E-state index >= 15 is 0 Å². The molecule has 1 aromatic carbocycles. The Labute approximate surface area is 127 Å². The lowest BCUT2D eigenvalue weighted by Crippen LogP contribution is -2.56. The molecule has 3 rings (SSSR count). The lowest BCUT2D eigenvalue weighted by Gasteiger charge is -2.36. The molecule has 0 unspecified atom stereocenters. The highest BCUT2D eigenvalue weighted by molar-refractivity contribution is 7.13. The van der Waals surface area contributed by atoms with Crippen molar-refractivity contribution in [2.24, 2.45) is 5.73 Å². The van der Waals surface area contributed by atoms with Gasteiger partial charge in [-0.25, -0.2) is 4.98 Å². The maximum Gasteiger partial charge on any atom is 0.244 e. The van der Waals surface area contributed by atoms with Crippen LogP contribution in [0.15, 0.2) is 35.8 Å². The minimum absolute atomic E-state index is 0. The lowest BCUT2D eigenvalue weighted by atomic mass is 9.77. The number of nitrogens with one attached hydrogen (secondary N) is 1. The molecule has 3 N–H and O–H groups in total. The third-order valence-corrected chi connectivity index (χ3v) is 4.32. The highest BCUT2D eigenvalue weighted by atomic mass is 35.5. The number of thiazole rings is 1. The minimum Gasteiger partial charge on any atom is -0.324 e. The van der Waals surface area contributed by atoms with Crippen molar-refractivity contribution in [2.75, 3.05) is 5.32 Å². The zero-order valence-corrected chi connectivity index (χ0v) is 12.5. The number of nitrogens with two attached hydrogens (primary N) is 1. The van der Waals surface area contributed by atoms with Gasteiger partial charge in [0, 0.05) is 22.8 Å². The van der Waals surface area contributed by atoms with E-state index in [0.29, 0.717) is 0 Å². The number of hydrogen-bond acceptors (Lipinski definition) is 4. The maximum absolute atomic E-state index is 12.1. The van der Waals surface area contributed by atoms with Gasteiger partial charge in [0.2, 0.25) is 5.91 Å². The van der Waals surface area contributed by atoms with Crippen molar-refractivity contribution >= 4 is 35.3 Å². The summed E-state index contributed by atoms with van der Waals surface area (Å²) in [5.74, 6) is -0.0879. The van der Waals surface area contributed by atoms with Crippen molar-refractivity contribution in [2.45, 2.75) is 24.8 Å². The molecule has 0 aliphatic heterocycles. The molecule has 0 radical (unpaired) electrons. The second-order valence-electron chi connectivity index (χ2n) is 4.88. The van der Waals surface area contributed by atoms with Gasteiger partial charge in [0.1, 0.15) is 5.01 Å². The predicted molar refractivity (Wildman–Crippen MR) is 84.2 cm³/mol. The van der Waals surface area contributed by atoms with E-state index in [1.54, 1.807) is 17.5 Å². The van der Waals surface area contributed by atoms with Crippen LogP contribution in [0.5, 0.6) is 0 Å². The second kappa shape index (κ2) is 5.91. The van der Waals surface area contributed by atoms with Gasteiger partial charge in [-0.05, 0) is 31.4 Å². The Hall–Kier alpha value is -1.43. The van der Waals surface area contributed by atoms with Crippen molar-refractivity contribution in [3.63, 3.8) is 0 Å². The average Bonchev–Trinajstić information content (AvgIpc) is 2.90. The standard InChI is InChI=1S/C14H15N3OS.ClH/c15-14(5-2-6-14)13(18)17-11-4-1-3-10(9-11)12-16-7-8-19-12;/h1,3-4,7-9H,2,5-6,15H2,(H,17,18);1H. The molecule has 0 spiro atoms. The van der Waals surface area contributed by atoms with Crippen molar-refractivity contribution in [1.82, 2.24) is 4.98 Å². The van der Waals surface area contributed by atoms with Gasteiger partial charge in [-0.1, -0.05) is 12.1 Å². The normalized spacial score (nSPS) is 15.8. The number of halogens is 1. The third kappa shape index (κ3) is 2.85. The van der Waals surface area contributed by atoms with Crippen LogP contribution >= 0.6 is 23.7 Å². The largest absolute Gasteiger partial charge is 0.324 e. The Bertz CT molecular complexity index is 596. The molecular formula is C14H16ClN3OS. The first kappa shape index (κ1) is 15.0. The predicted octanol–water partition coefficient (Wildman–Crippen LogP) is 3.05. The van der Waals surface area contributed by atoms with E-state index in [4.69, 9.17) is 5.73 Å². The van der Waals surface area contributed by atoms with Gasteiger partial charge in [0.25, 0.3) is 0 Å². The van der Waals surface area contributed by atoms with Crippen LogP contribution in [0.2, 0.25) is 0 Å². The molecule has 1 saturated carbocycles. The van der Waals surface area contributed by atoms with Crippen molar-refractivity contribution in [3.05, 3.63) is 35.8 Å². The monoisotopic (exact) mass is 309 g/mol. The van der Waals surface area contributed by atoms with Crippen LogP contribution < -0.4 is 11.1 Å². The number of carbonyl (C=O) groups is 1. The fourth-order valence-corrected chi connectivity index (χ4v) is 2.77. The Morgan fingerprint density at radius 1 is 1.40 bits per heavy atom. The van der Waals surface area contributed by atoms with Crippen LogP contribution in [0.25, 0.3) is 10.6 Å². The summed E-state index contributed by atoms with van der Waals surface area (Å²) in [6, 6.07) is 7.70. The van der Waals surface area contributed by atoms with Crippen LogP contribution in [0.1, 0.15) is 19.3 Å². The number of hydrogen-bond donors (Lipinski definition) is 2. The molecule has 1 aromatic heterocycles. The zero-order chi connectivity index (χ0) is 13.3. The van der Waals surface area contributed by atoms with Gasteiger partial charge in [-0.15, -0.1) is 23.7 Å². The van der Waals surface area contributed by atoms with Gasteiger partial charge in [-0.3, -0.25) is 4.79 Å². The average molecular weight is 310 g/mol. The number of carbonyl (C=O) groups excluding carboxylic acids is 1. The summed E-state index contributed by atoms with van der Waals surface area (Å²) in [5, 5.41) is 5.78. The van der Waals surface area contributed by atoms with Crippen molar-refractivity contribution in [1.29, 1.82) is 0 Å². The first-order valence-electron chi connectivity index (χ1n) is 6.28. The van der Waals surface area contributed by atoms with E-state index in [2.05, 4.69) is 10.3 Å². The van der Waals surface area contributed by atoms with Gasteiger partial charge in [-0.2, -0.15) is 0 Å². The van der Waals surface area contributed by atoms with Crippen LogP contribution in [0.4, 0.5) is 5.69 Å². The molecule has 1 aliphatic carbocycles. The van der Waals surface area contributed by atoms with Crippen molar-refractivity contribution < 1.29 is 4.79 Å². The number of anilines is 1. The van der Waals surface area contributed by atoms with E-state index in [-0.39, 0.29) is 18.3 Å². The number of rotatable bonds is 3. The molecule has 106 valence electrons. The third-order valence-electron chi connectivity index (χ3n) is 3.50. The highest BCUT2D eigenvalue weighted by Crippen LogP contribution is 2.31. The molecule has 1 heterocycles. The maximum atomic E-state index is 12.1. The first-order valence-corrected chi connectivity index (χ1v) is 7.16. The summed E-state index contributed by atoms with van der Waals surface area (Å²) < 4.78 is 0. The molecular weight excluding hydrogens is 294 g/mol. The quantitative estimate of drug-likeness (QED) is 0.915. The molecule has 0 bridgehead atoms. The molecule has 6 heteroatoms. The summed E-state index contributed by atoms with van der Waals surface area (Å²) >= 11 is 1.58. The fraction of sp³-hybridized carbons (Fsp3) is 0.286. The van der Waals surface area contributed by atoms with Gasteiger partial charge in [0.05, 0.1) is 5.54 Å². The first-order chi connectivity index (χ1) is 9.17. The molecule has 1 aliphatic rings. The van der Waals surface area contributed by atoms with Crippen LogP contribution in [-0.4, -0.2) is 16.4 Å². The zero-order valence-electron chi connectivity index (χ0n) is 10.8. The van der Waals surface area contributed by atoms with Crippen LogP contribution in [0, 0.1) is 0 Å². The van der Waals surface area contributed by atoms with Crippen LogP contribution in [0.3, 0.4) is 0 Å². The van der Waals surface area contributed by atoms with E-state index in [0.717, 1.165) is 35.5 Å². The Morgan fingerprint density at radius 3 is 2.80 bits per heavy atom. The molecule has 2 aromatic rings. The second-order valence-corrected chi connectivity index (χ2v) is 5.78. The Balaban J connectivity index is 0.00000147. The van der Waals surface area contributed by atoms with Gasteiger partial charge >= 0.3 is 0 Å². The van der Waals surface area contributed by atoms with E-state index in [1.807, 2.05) is 29.6 Å². The summed E-state index contributed by atoms with van der Waals surface area (Å²) in [4.78, 5) is 16.3. The number of amides is 1. The molecule has 20 heavy (non-hydrogen) atoms. The topological polar surface area (TPSA) is 68.0 Å². The van der Waals surface area contributed by atoms with E-state index in [1.165, 1.54) is 0 Å². The molecule has 0 saturated heterocycles. The van der Waals surface area contributed by atoms with E-state index in [9.17, 15) is 4.79 Å². The summed E-state index contributed by atoms with van der Waals surface area (Å²) in [6.45, 7) is 0. The van der Waals surface area contributed by atoms with Crippen LogP contribution in [-0.2, 0) is 4.79 Å². The summed E-state index contributed by atoms with van der Waals surface area (Å²) in [5.41, 5.74) is 7.11. The van der Waals surface area contributed by atoms with E-state index < -0.39 is 5.54 Å². The Morgan fingerprint density at radius 2 is 2.20 bits per heavy atom. The summed E-state index contributed by atoms with van der Waals surface area (Å²) in [7, 11) is 0. The fourth-order valence-electron chi connectivity index (χ4n) is 2.14. The molecule has 0 atom stereocenters. The Kier molecular flexibility index (Phi) is 4.42. The smallest absolute Gasteiger partial charge is 0.244 e. The highest BCUT2D eigenvalue weighted by Gasteiger charge is 2.40. The van der Waals surface area contributed by atoms with Crippen molar-refractivity contribution in [3.8, 4) is 10.6 Å². The number of nitrogens with zero attached hydrogens (tertiary/aromatic N) is 1.